The smallest absolute Gasteiger partial charge is 0.0777 e. The molecular formula is C30H50O. The monoisotopic (exact) mass is 426 g/mol. The summed E-state index contributed by atoms with van der Waals surface area (Å²) in [5, 5.41) is 0. The fourth-order valence-corrected chi connectivity index (χ4v) is 10.6. The Hall–Kier alpha value is -0.300. The van der Waals surface area contributed by atoms with Gasteiger partial charge in [-0.25, -0.2) is 0 Å². The van der Waals surface area contributed by atoms with Crippen molar-refractivity contribution in [1.29, 1.82) is 0 Å². The van der Waals surface area contributed by atoms with Crippen LogP contribution in [0, 0.1) is 38.9 Å². The zero-order valence-electron chi connectivity index (χ0n) is 22.0. The molecule has 0 aromatic rings. The van der Waals surface area contributed by atoms with Gasteiger partial charge in [0, 0.05) is 5.41 Å². The lowest BCUT2D eigenvalue weighted by Gasteiger charge is -2.71. The molecule has 5 rings (SSSR count). The highest BCUT2D eigenvalue weighted by molar-refractivity contribution is 5.24. The van der Waals surface area contributed by atoms with E-state index in [2.05, 4.69) is 61.5 Å². The van der Waals surface area contributed by atoms with Crippen LogP contribution in [-0.4, -0.2) is 11.7 Å². The van der Waals surface area contributed by atoms with Gasteiger partial charge in [0.05, 0.1) is 11.7 Å². The fraction of sp³-hybridized carbons (Fsp3) is 0.933. The lowest BCUT2D eigenvalue weighted by atomic mass is 9.33. The quantitative estimate of drug-likeness (QED) is 0.410. The van der Waals surface area contributed by atoms with E-state index in [1.807, 2.05) is 0 Å². The van der Waals surface area contributed by atoms with Crippen LogP contribution in [0.15, 0.2) is 11.6 Å². The molecule has 2 saturated heterocycles. The van der Waals surface area contributed by atoms with Crippen molar-refractivity contribution >= 4 is 0 Å². The number of ether oxygens (including phenoxy) is 1. The predicted molar refractivity (Wildman–Crippen MR) is 131 cm³/mol. The predicted octanol–water partition coefficient (Wildman–Crippen LogP) is 8.72. The van der Waals surface area contributed by atoms with Crippen LogP contribution in [0.3, 0.4) is 0 Å². The van der Waals surface area contributed by atoms with Crippen molar-refractivity contribution in [1.82, 2.24) is 0 Å². The average molecular weight is 427 g/mol. The molecule has 5 fully saturated rings. The van der Waals surface area contributed by atoms with Crippen LogP contribution < -0.4 is 0 Å². The SMILES string of the molecule is CC(C)=CCC[C@@]1(C)CC[C@]2(C)[C@H]3CC[C@H]4C(C)(C)[C@@H]5CC[C@]4(O5)[C@]3(C)CC[C@@]2(C)C1. The summed E-state index contributed by atoms with van der Waals surface area (Å²) in [5.74, 6) is 1.62. The van der Waals surface area contributed by atoms with Crippen molar-refractivity contribution in [2.75, 3.05) is 0 Å². The number of allylic oxidation sites excluding steroid dienone is 2. The highest BCUT2D eigenvalue weighted by atomic mass is 16.5. The summed E-state index contributed by atoms with van der Waals surface area (Å²) >= 11 is 0. The molecule has 0 amide bonds. The average Bonchev–Trinajstić information content (AvgIpc) is 3.20. The molecule has 2 heterocycles. The molecule has 176 valence electrons. The van der Waals surface area contributed by atoms with Gasteiger partial charge in [0.2, 0.25) is 0 Å². The number of hydrogen-bond acceptors (Lipinski definition) is 1. The molecule has 0 radical (unpaired) electrons. The molecule has 1 heteroatoms. The second-order valence-electron chi connectivity index (χ2n) is 14.7. The molecule has 0 N–H and O–H groups in total. The molecule has 5 aliphatic rings. The summed E-state index contributed by atoms with van der Waals surface area (Å²) in [6, 6.07) is 0. The van der Waals surface area contributed by atoms with Gasteiger partial charge in [0.25, 0.3) is 0 Å². The Kier molecular flexibility index (Phi) is 4.82. The third kappa shape index (κ3) is 2.77. The highest BCUT2D eigenvalue weighted by Crippen LogP contribution is 2.78. The lowest BCUT2D eigenvalue weighted by molar-refractivity contribution is -0.249. The van der Waals surface area contributed by atoms with Crippen molar-refractivity contribution in [3.05, 3.63) is 11.6 Å². The van der Waals surface area contributed by atoms with Crippen LogP contribution in [0.25, 0.3) is 0 Å². The lowest BCUT2D eigenvalue weighted by Crippen LogP contribution is -2.67. The van der Waals surface area contributed by atoms with Crippen molar-refractivity contribution in [3.8, 4) is 0 Å². The van der Waals surface area contributed by atoms with Crippen LogP contribution >= 0.6 is 0 Å². The van der Waals surface area contributed by atoms with Crippen molar-refractivity contribution < 1.29 is 4.74 Å². The van der Waals surface area contributed by atoms with Crippen LogP contribution in [0.5, 0.6) is 0 Å². The first kappa shape index (κ1) is 22.5. The van der Waals surface area contributed by atoms with Gasteiger partial charge in [-0.2, -0.15) is 0 Å². The molecule has 1 nitrogen and oxygen atoms in total. The molecule has 2 aliphatic heterocycles. The largest absolute Gasteiger partial charge is 0.370 e. The Balaban J connectivity index is 1.45. The second kappa shape index (κ2) is 6.64. The Morgan fingerprint density at radius 2 is 1.48 bits per heavy atom. The Bertz CT molecular complexity index is 775. The Morgan fingerprint density at radius 1 is 0.806 bits per heavy atom. The molecule has 8 atom stereocenters. The number of fused-ring (bicyclic) bond motifs is 4. The Labute approximate surface area is 193 Å². The van der Waals surface area contributed by atoms with E-state index < -0.39 is 0 Å². The summed E-state index contributed by atoms with van der Waals surface area (Å²) in [6.07, 6.45) is 18.2. The molecule has 0 aromatic carbocycles. The van der Waals surface area contributed by atoms with Gasteiger partial charge in [-0.1, -0.05) is 53.2 Å². The maximum Gasteiger partial charge on any atom is 0.0777 e. The minimum Gasteiger partial charge on any atom is -0.370 e. The van der Waals surface area contributed by atoms with Gasteiger partial charge >= 0.3 is 0 Å². The molecule has 3 saturated carbocycles. The second-order valence-corrected chi connectivity index (χ2v) is 14.7. The van der Waals surface area contributed by atoms with E-state index >= 15 is 0 Å². The highest BCUT2D eigenvalue weighted by Gasteiger charge is 2.76. The van der Waals surface area contributed by atoms with E-state index in [4.69, 9.17) is 4.74 Å². The first-order valence-electron chi connectivity index (χ1n) is 13.6. The third-order valence-electron chi connectivity index (χ3n) is 12.6. The van der Waals surface area contributed by atoms with E-state index in [9.17, 15) is 0 Å². The third-order valence-corrected chi connectivity index (χ3v) is 12.6. The summed E-state index contributed by atoms with van der Waals surface area (Å²) in [4.78, 5) is 0. The first-order chi connectivity index (χ1) is 14.3. The summed E-state index contributed by atoms with van der Waals surface area (Å²) in [7, 11) is 0. The van der Waals surface area contributed by atoms with E-state index in [-0.39, 0.29) is 5.60 Å². The van der Waals surface area contributed by atoms with Gasteiger partial charge in [-0.05, 0) is 118 Å². The summed E-state index contributed by atoms with van der Waals surface area (Å²) in [5.41, 5.74) is 3.90. The van der Waals surface area contributed by atoms with Crippen LogP contribution in [0.4, 0.5) is 0 Å². The molecule has 0 unspecified atom stereocenters. The maximum absolute atomic E-state index is 7.12. The van der Waals surface area contributed by atoms with Gasteiger partial charge in [0.1, 0.15) is 0 Å². The normalized spacial score (nSPS) is 54.6. The minimum atomic E-state index is 0.179. The van der Waals surface area contributed by atoms with E-state index in [1.54, 1.807) is 0 Å². The Morgan fingerprint density at radius 3 is 2.19 bits per heavy atom. The molecule has 2 bridgehead atoms. The van der Waals surface area contributed by atoms with Crippen molar-refractivity contribution in [3.63, 3.8) is 0 Å². The number of rotatable bonds is 3. The topological polar surface area (TPSA) is 9.23 Å². The first-order valence-corrected chi connectivity index (χ1v) is 13.6. The van der Waals surface area contributed by atoms with Crippen LogP contribution in [0.1, 0.15) is 126 Å². The fourth-order valence-electron chi connectivity index (χ4n) is 10.6. The molecule has 0 aromatic heterocycles. The summed E-state index contributed by atoms with van der Waals surface area (Å²) < 4.78 is 7.12. The zero-order chi connectivity index (χ0) is 22.5. The maximum atomic E-state index is 7.12. The molecule has 31 heavy (non-hydrogen) atoms. The van der Waals surface area contributed by atoms with Gasteiger partial charge < -0.3 is 4.74 Å². The van der Waals surface area contributed by atoms with Gasteiger partial charge in [0.15, 0.2) is 0 Å². The van der Waals surface area contributed by atoms with Crippen LogP contribution in [0.2, 0.25) is 0 Å². The zero-order valence-corrected chi connectivity index (χ0v) is 22.0. The van der Waals surface area contributed by atoms with E-state index in [0.717, 1.165) is 11.8 Å². The summed E-state index contributed by atoms with van der Waals surface area (Å²) in [6.45, 7) is 20.3. The van der Waals surface area contributed by atoms with Crippen molar-refractivity contribution in [2.45, 2.75) is 138 Å². The van der Waals surface area contributed by atoms with Gasteiger partial charge in [-0.15, -0.1) is 0 Å². The molecule has 3 aliphatic carbocycles. The van der Waals surface area contributed by atoms with E-state index in [1.165, 1.54) is 76.2 Å². The minimum absolute atomic E-state index is 0.179. The standard InChI is InChI=1S/C30H50O/c1-21(2)10-9-14-26(5)16-18-28(7)23-12-11-22-25(3,4)24-13-15-30(22,31-24)29(23,8)19-17-27(28,6)20-26/h10,22-24H,9,11-20H2,1-8H3/t22-,23+,24-,26-,27-,28+,29+,30+/m0/s1. The van der Waals surface area contributed by atoms with Crippen LogP contribution in [-0.2, 0) is 4.74 Å². The molecular weight excluding hydrogens is 376 g/mol. The van der Waals surface area contributed by atoms with Crippen molar-refractivity contribution in [2.24, 2.45) is 38.9 Å². The molecule has 1 spiro atoms. The number of hydrogen-bond donors (Lipinski definition) is 0. The van der Waals surface area contributed by atoms with Gasteiger partial charge in [-0.3, -0.25) is 0 Å². The van der Waals surface area contributed by atoms with E-state index in [0.29, 0.717) is 33.2 Å².